The minimum absolute atomic E-state index is 0.0349. The maximum absolute atomic E-state index is 12.3. The first-order valence-electron chi connectivity index (χ1n) is 8.59. The molecular weight excluding hydrogens is 342 g/mol. The van der Waals surface area contributed by atoms with Crippen LogP contribution in [0.5, 0.6) is 0 Å². The second-order valence-corrected chi connectivity index (χ2v) is 8.00. The summed E-state index contributed by atoms with van der Waals surface area (Å²) in [5.41, 5.74) is -1.14. The van der Waals surface area contributed by atoms with Crippen LogP contribution < -0.4 is 10.6 Å². The zero-order valence-electron chi connectivity index (χ0n) is 15.9. The van der Waals surface area contributed by atoms with Crippen LogP contribution in [-0.2, 0) is 23.9 Å². The molecule has 9 nitrogen and oxygen atoms in total. The van der Waals surface area contributed by atoms with Crippen molar-refractivity contribution >= 4 is 23.9 Å². The van der Waals surface area contributed by atoms with E-state index in [1.807, 2.05) is 0 Å². The van der Waals surface area contributed by atoms with Gasteiger partial charge in [-0.2, -0.15) is 0 Å². The molecule has 0 radical (unpaired) electrons. The van der Waals surface area contributed by atoms with Gasteiger partial charge in [0.15, 0.2) is 0 Å². The molecule has 0 saturated carbocycles. The zero-order valence-corrected chi connectivity index (χ0v) is 15.9. The van der Waals surface area contributed by atoms with Gasteiger partial charge in [-0.05, 0) is 33.6 Å². The Hall–Kier alpha value is -2.32. The van der Waals surface area contributed by atoms with Crippen molar-refractivity contribution in [2.45, 2.75) is 57.7 Å². The van der Waals surface area contributed by atoms with Gasteiger partial charge in [-0.15, -0.1) is 0 Å². The number of methoxy groups -OCH3 is 1. The van der Waals surface area contributed by atoms with Crippen molar-refractivity contribution in [3.63, 3.8) is 0 Å². The minimum Gasteiger partial charge on any atom is -0.467 e. The van der Waals surface area contributed by atoms with E-state index in [9.17, 15) is 19.2 Å². The minimum atomic E-state index is -0.982. The fourth-order valence-electron chi connectivity index (χ4n) is 3.38. The number of likely N-dealkylation sites (tertiary alicyclic amines) is 1. The Bertz CT molecular complexity index is 606. The van der Waals surface area contributed by atoms with Gasteiger partial charge in [0.1, 0.15) is 11.6 Å². The summed E-state index contributed by atoms with van der Waals surface area (Å²) in [4.78, 5) is 49.3. The van der Waals surface area contributed by atoms with Gasteiger partial charge in [-0.3, -0.25) is 9.59 Å². The number of rotatable bonds is 4. The van der Waals surface area contributed by atoms with E-state index < -0.39 is 35.2 Å². The molecule has 2 saturated heterocycles. The third kappa shape index (κ3) is 4.64. The van der Waals surface area contributed by atoms with Crippen LogP contribution in [0.4, 0.5) is 4.79 Å². The van der Waals surface area contributed by atoms with E-state index in [0.717, 1.165) is 0 Å². The first-order valence-corrected chi connectivity index (χ1v) is 8.59. The van der Waals surface area contributed by atoms with Crippen molar-refractivity contribution in [1.29, 1.82) is 0 Å². The monoisotopic (exact) mass is 369 g/mol. The highest BCUT2D eigenvalue weighted by atomic mass is 16.6. The van der Waals surface area contributed by atoms with E-state index in [2.05, 4.69) is 10.6 Å². The van der Waals surface area contributed by atoms with Gasteiger partial charge in [0.2, 0.25) is 11.8 Å². The number of hydrogen-bond donors (Lipinski definition) is 2. The van der Waals surface area contributed by atoms with Crippen LogP contribution in [0.2, 0.25) is 0 Å². The highest BCUT2D eigenvalue weighted by molar-refractivity contribution is 5.86. The molecule has 1 spiro atoms. The molecule has 2 unspecified atom stereocenters. The Morgan fingerprint density at radius 1 is 1.35 bits per heavy atom. The lowest BCUT2D eigenvalue weighted by Crippen LogP contribution is -2.68. The van der Waals surface area contributed by atoms with Crippen LogP contribution in [0, 0.1) is 5.92 Å². The van der Waals surface area contributed by atoms with Crippen molar-refractivity contribution in [2.24, 2.45) is 5.92 Å². The number of hydrogen-bond acceptors (Lipinski definition) is 6. The average molecular weight is 369 g/mol. The first kappa shape index (κ1) is 20.0. The molecule has 2 aliphatic rings. The predicted molar refractivity (Wildman–Crippen MR) is 91.0 cm³/mol. The SMILES string of the molecule is COC(=O)C(CC1CC2(CN(C(C)=O)C2)NC1=O)NC(=O)OC(C)(C)C. The molecule has 2 aliphatic heterocycles. The molecule has 2 atom stereocenters. The molecular formula is C17H27N3O6. The fraction of sp³-hybridized carbons (Fsp3) is 0.765. The summed E-state index contributed by atoms with van der Waals surface area (Å²) < 4.78 is 9.90. The molecule has 9 heteroatoms. The smallest absolute Gasteiger partial charge is 0.408 e. The largest absolute Gasteiger partial charge is 0.467 e. The predicted octanol–water partition coefficient (Wildman–Crippen LogP) is 0.180. The van der Waals surface area contributed by atoms with E-state index in [0.29, 0.717) is 19.5 Å². The summed E-state index contributed by atoms with van der Waals surface area (Å²) in [5, 5.41) is 5.41. The molecule has 2 heterocycles. The Morgan fingerprint density at radius 2 is 1.96 bits per heavy atom. The Morgan fingerprint density at radius 3 is 2.46 bits per heavy atom. The van der Waals surface area contributed by atoms with Crippen LogP contribution in [0.3, 0.4) is 0 Å². The number of carbonyl (C=O) groups is 4. The number of ether oxygens (including phenoxy) is 2. The third-order valence-electron chi connectivity index (χ3n) is 4.53. The lowest BCUT2D eigenvalue weighted by molar-refractivity contribution is -0.143. The molecule has 26 heavy (non-hydrogen) atoms. The van der Waals surface area contributed by atoms with E-state index in [4.69, 9.17) is 9.47 Å². The quantitative estimate of drug-likeness (QED) is 0.684. The number of carbonyl (C=O) groups excluding carboxylic acids is 4. The van der Waals surface area contributed by atoms with Crippen molar-refractivity contribution < 1.29 is 28.7 Å². The van der Waals surface area contributed by atoms with Gasteiger partial charge in [0.25, 0.3) is 0 Å². The first-order chi connectivity index (χ1) is 11.9. The number of nitrogens with one attached hydrogen (secondary N) is 2. The molecule has 2 fully saturated rings. The Balaban J connectivity index is 1.98. The molecule has 2 rings (SSSR count). The second-order valence-electron chi connectivity index (χ2n) is 8.00. The maximum Gasteiger partial charge on any atom is 0.408 e. The number of amides is 3. The molecule has 0 aliphatic carbocycles. The highest BCUT2D eigenvalue weighted by Gasteiger charge is 2.53. The van der Waals surface area contributed by atoms with Crippen LogP contribution in [-0.4, -0.2) is 66.2 Å². The van der Waals surface area contributed by atoms with Crippen molar-refractivity contribution in [2.75, 3.05) is 20.2 Å². The van der Waals surface area contributed by atoms with E-state index in [-0.39, 0.29) is 18.2 Å². The van der Waals surface area contributed by atoms with Gasteiger partial charge in [-0.25, -0.2) is 9.59 Å². The van der Waals surface area contributed by atoms with Gasteiger partial charge < -0.3 is 25.0 Å². The Labute approximate surface area is 152 Å². The highest BCUT2D eigenvalue weighted by Crippen LogP contribution is 2.35. The van der Waals surface area contributed by atoms with Crippen LogP contribution in [0.1, 0.15) is 40.5 Å². The molecule has 0 bridgehead atoms. The van der Waals surface area contributed by atoms with Crippen LogP contribution >= 0.6 is 0 Å². The average Bonchev–Trinajstić information content (AvgIpc) is 2.79. The second kappa shape index (κ2) is 7.13. The zero-order chi connectivity index (χ0) is 19.7. The number of nitrogens with zero attached hydrogens (tertiary/aromatic N) is 1. The van der Waals surface area contributed by atoms with Gasteiger partial charge in [0, 0.05) is 25.9 Å². The fourth-order valence-corrected chi connectivity index (χ4v) is 3.38. The molecule has 2 N–H and O–H groups in total. The molecule has 0 aromatic carbocycles. The maximum atomic E-state index is 12.3. The van der Waals surface area contributed by atoms with E-state index >= 15 is 0 Å². The number of esters is 1. The lowest BCUT2D eigenvalue weighted by Gasteiger charge is -2.47. The van der Waals surface area contributed by atoms with Crippen LogP contribution in [0.15, 0.2) is 0 Å². The lowest BCUT2D eigenvalue weighted by atomic mass is 9.83. The number of alkyl carbamates (subject to hydrolysis) is 1. The molecule has 0 aromatic rings. The molecule has 0 aromatic heterocycles. The topological polar surface area (TPSA) is 114 Å². The van der Waals surface area contributed by atoms with Gasteiger partial charge in [0.05, 0.1) is 12.6 Å². The van der Waals surface area contributed by atoms with E-state index in [1.165, 1.54) is 14.0 Å². The van der Waals surface area contributed by atoms with Crippen molar-refractivity contribution in [3.05, 3.63) is 0 Å². The van der Waals surface area contributed by atoms with Gasteiger partial charge >= 0.3 is 12.1 Å². The summed E-state index contributed by atoms with van der Waals surface area (Å²) in [6.45, 7) is 7.56. The van der Waals surface area contributed by atoms with Crippen molar-refractivity contribution in [3.8, 4) is 0 Å². The van der Waals surface area contributed by atoms with Crippen LogP contribution in [0.25, 0.3) is 0 Å². The standard InChI is InChI=1S/C17H27N3O6/c1-10(21)20-8-17(9-20)7-11(13(22)19-17)6-12(14(23)25-5)18-15(24)26-16(2,3)4/h11-12H,6-9H2,1-5H3,(H,18,24)(H,19,22). The molecule has 146 valence electrons. The third-order valence-corrected chi connectivity index (χ3v) is 4.53. The normalized spacial score (nSPS) is 22.3. The summed E-state index contributed by atoms with van der Waals surface area (Å²) in [6.07, 6.45) is -0.133. The van der Waals surface area contributed by atoms with Gasteiger partial charge in [-0.1, -0.05) is 0 Å². The summed E-state index contributed by atoms with van der Waals surface area (Å²) in [6, 6.07) is -0.982. The summed E-state index contributed by atoms with van der Waals surface area (Å²) in [7, 11) is 1.22. The summed E-state index contributed by atoms with van der Waals surface area (Å²) in [5.74, 6) is -1.31. The molecule has 3 amide bonds. The summed E-state index contributed by atoms with van der Waals surface area (Å²) >= 11 is 0. The van der Waals surface area contributed by atoms with Crippen molar-refractivity contribution in [1.82, 2.24) is 15.5 Å². The Kier molecular flexibility index (Phi) is 5.48. The van der Waals surface area contributed by atoms with E-state index in [1.54, 1.807) is 25.7 Å².